The van der Waals surface area contributed by atoms with Crippen LogP contribution in [0.1, 0.15) is 5.56 Å². The van der Waals surface area contributed by atoms with Gasteiger partial charge in [-0.15, -0.1) is 5.10 Å². The molecule has 6 nitrogen and oxygen atoms in total. The van der Waals surface area contributed by atoms with E-state index in [2.05, 4.69) is 28.2 Å². The molecule has 3 aromatic heterocycles. The lowest BCUT2D eigenvalue weighted by Crippen LogP contribution is -2.00. The minimum atomic E-state index is 0.679. The zero-order valence-corrected chi connectivity index (χ0v) is 13.5. The number of fused-ring (bicyclic) bond motifs is 3. The predicted octanol–water partition coefficient (Wildman–Crippen LogP) is 3.44. The van der Waals surface area contributed by atoms with Crippen LogP contribution in [0.15, 0.2) is 67.1 Å². The Kier molecular flexibility index (Phi) is 2.90. The third-order valence-corrected chi connectivity index (χ3v) is 4.28. The van der Waals surface area contributed by atoms with Gasteiger partial charge in [-0.2, -0.15) is 5.10 Å². The fourth-order valence-corrected chi connectivity index (χ4v) is 3.01. The second-order valence-electron chi connectivity index (χ2n) is 5.89. The van der Waals surface area contributed by atoms with Crippen molar-refractivity contribution in [2.45, 2.75) is 6.92 Å². The van der Waals surface area contributed by atoms with E-state index >= 15 is 0 Å². The first-order valence-corrected chi connectivity index (χ1v) is 8.02. The third-order valence-electron chi connectivity index (χ3n) is 4.28. The van der Waals surface area contributed by atoms with Gasteiger partial charge in [0.15, 0.2) is 17.1 Å². The van der Waals surface area contributed by atoms with Crippen molar-refractivity contribution in [2.75, 3.05) is 0 Å². The van der Waals surface area contributed by atoms with Crippen molar-refractivity contribution < 1.29 is 0 Å². The number of aryl methyl sites for hydroxylation is 1. The van der Waals surface area contributed by atoms with Gasteiger partial charge in [-0.3, -0.25) is 0 Å². The van der Waals surface area contributed by atoms with Gasteiger partial charge in [-0.25, -0.2) is 19.2 Å². The summed E-state index contributed by atoms with van der Waals surface area (Å²) in [5.74, 6) is 0.679. The quantitative estimate of drug-likeness (QED) is 0.498. The molecular formula is C19H14N6. The number of para-hydroxylation sites is 1. The van der Waals surface area contributed by atoms with Gasteiger partial charge in [0.05, 0.1) is 17.3 Å². The highest BCUT2D eigenvalue weighted by Crippen LogP contribution is 2.23. The zero-order chi connectivity index (χ0) is 16.8. The average Bonchev–Trinajstić information content (AvgIpc) is 3.26. The van der Waals surface area contributed by atoms with Crippen molar-refractivity contribution in [3.63, 3.8) is 0 Å². The standard InChI is InChI=1S/C19H14N6/c1-13-7-5-6-10-16(13)25-18-15(11-21-25)19-22-17(23-24(19)12-20-18)14-8-3-2-4-9-14/h2-12H,1H3. The summed E-state index contributed by atoms with van der Waals surface area (Å²) in [5.41, 5.74) is 4.65. The summed E-state index contributed by atoms with van der Waals surface area (Å²) >= 11 is 0. The van der Waals surface area contributed by atoms with Crippen molar-refractivity contribution in [3.05, 3.63) is 72.7 Å². The Morgan fingerprint density at radius 3 is 2.52 bits per heavy atom. The Hall–Kier alpha value is -3.54. The van der Waals surface area contributed by atoms with Gasteiger partial charge in [0.25, 0.3) is 0 Å². The molecular weight excluding hydrogens is 312 g/mol. The number of rotatable bonds is 2. The molecule has 0 N–H and O–H groups in total. The molecule has 3 heterocycles. The summed E-state index contributed by atoms with van der Waals surface area (Å²) in [4.78, 5) is 9.25. The van der Waals surface area contributed by atoms with Crippen LogP contribution in [0.4, 0.5) is 0 Å². The first-order valence-electron chi connectivity index (χ1n) is 8.02. The summed E-state index contributed by atoms with van der Waals surface area (Å²) in [6, 6.07) is 18.0. The first-order chi connectivity index (χ1) is 12.3. The summed E-state index contributed by atoms with van der Waals surface area (Å²) in [5, 5.41) is 9.95. The Bertz CT molecular complexity index is 1200. The van der Waals surface area contributed by atoms with E-state index in [9.17, 15) is 0 Å². The molecule has 0 aliphatic carbocycles. The molecule has 5 rings (SSSR count). The van der Waals surface area contributed by atoms with Crippen LogP contribution in [0.5, 0.6) is 0 Å². The van der Waals surface area contributed by atoms with E-state index in [0.717, 1.165) is 33.5 Å². The molecule has 6 heteroatoms. The summed E-state index contributed by atoms with van der Waals surface area (Å²) in [7, 11) is 0. The van der Waals surface area contributed by atoms with E-state index in [1.165, 1.54) is 0 Å². The van der Waals surface area contributed by atoms with Crippen LogP contribution < -0.4 is 0 Å². The summed E-state index contributed by atoms with van der Waals surface area (Å²) in [6.45, 7) is 2.06. The molecule has 0 aliphatic heterocycles. The molecule has 0 radical (unpaired) electrons. The molecule has 0 fully saturated rings. The number of nitrogens with zero attached hydrogens (tertiary/aromatic N) is 6. The van der Waals surface area contributed by atoms with Crippen LogP contribution in [0.3, 0.4) is 0 Å². The lowest BCUT2D eigenvalue weighted by molar-refractivity contribution is 0.876. The van der Waals surface area contributed by atoms with Gasteiger partial charge >= 0.3 is 0 Å². The summed E-state index contributed by atoms with van der Waals surface area (Å²) < 4.78 is 3.55. The van der Waals surface area contributed by atoms with Crippen LogP contribution in [0.2, 0.25) is 0 Å². The van der Waals surface area contributed by atoms with Gasteiger partial charge in [0.1, 0.15) is 6.33 Å². The fourth-order valence-electron chi connectivity index (χ4n) is 3.01. The Morgan fingerprint density at radius 2 is 1.68 bits per heavy atom. The fraction of sp³-hybridized carbons (Fsp3) is 0.0526. The molecule has 120 valence electrons. The Balaban J connectivity index is 1.74. The molecule has 25 heavy (non-hydrogen) atoms. The normalized spacial score (nSPS) is 11.4. The molecule has 0 unspecified atom stereocenters. The van der Waals surface area contributed by atoms with Crippen molar-refractivity contribution in [2.24, 2.45) is 0 Å². The predicted molar refractivity (Wildman–Crippen MR) is 95.6 cm³/mol. The molecule has 0 spiro atoms. The van der Waals surface area contributed by atoms with Crippen LogP contribution in [-0.4, -0.2) is 29.4 Å². The molecule has 2 aromatic carbocycles. The second kappa shape index (κ2) is 5.24. The second-order valence-corrected chi connectivity index (χ2v) is 5.89. The maximum Gasteiger partial charge on any atom is 0.182 e. The van der Waals surface area contributed by atoms with E-state index < -0.39 is 0 Å². The van der Waals surface area contributed by atoms with Gasteiger partial charge in [-0.1, -0.05) is 48.5 Å². The largest absolute Gasteiger partial charge is 0.216 e. The number of aromatic nitrogens is 6. The van der Waals surface area contributed by atoms with Crippen LogP contribution in [0, 0.1) is 6.92 Å². The molecule has 5 aromatic rings. The van der Waals surface area contributed by atoms with Gasteiger partial charge in [0, 0.05) is 5.56 Å². The van der Waals surface area contributed by atoms with Crippen LogP contribution in [-0.2, 0) is 0 Å². The topological polar surface area (TPSA) is 60.9 Å². The molecule has 0 bridgehead atoms. The SMILES string of the molecule is Cc1ccccc1-n1ncc2c1ncn1nc(-c3ccccc3)nc21. The lowest BCUT2D eigenvalue weighted by Gasteiger charge is -2.05. The number of hydrogen-bond donors (Lipinski definition) is 0. The van der Waals surface area contributed by atoms with Crippen molar-refractivity contribution in [3.8, 4) is 17.1 Å². The minimum Gasteiger partial charge on any atom is -0.216 e. The monoisotopic (exact) mass is 326 g/mol. The molecule has 0 amide bonds. The first kappa shape index (κ1) is 13.9. The van der Waals surface area contributed by atoms with E-state index in [-0.39, 0.29) is 0 Å². The highest BCUT2D eigenvalue weighted by molar-refractivity contribution is 5.90. The van der Waals surface area contributed by atoms with E-state index in [1.54, 1.807) is 17.0 Å². The lowest BCUT2D eigenvalue weighted by atomic mass is 10.2. The zero-order valence-electron chi connectivity index (χ0n) is 13.5. The number of hydrogen-bond acceptors (Lipinski definition) is 4. The van der Waals surface area contributed by atoms with Gasteiger partial charge < -0.3 is 0 Å². The molecule has 0 aliphatic rings. The maximum atomic E-state index is 4.70. The Morgan fingerprint density at radius 1 is 0.880 bits per heavy atom. The highest BCUT2D eigenvalue weighted by Gasteiger charge is 2.14. The molecule has 0 saturated carbocycles. The van der Waals surface area contributed by atoms with Crippen molar-refractivity contribution >= 4 is 16.7 Å². The van der Waals surface area contributed by atoms with Gasteiger partial charge in [-0.05, 0) is 18.6 Å². The van der Waals surface area contributed by atoms with Crippen LogP contribution >= 0.6 is 0 Å². The maximum absolute atomic E-state index is 4.70. The average molecular weight is 326 g/mol. The Labute approximate surface area is 143 Å². The third kappa shape index (κ3) is 2.11. The van der Waals surface area contributed by atoms with Crippen molar-refractivity contribution in [1.29, 1.82) is 0 Å². The molecule has 0 saturated heterocycles. The van der Waals surface area contributed by atoms with Gasteiger partial charge in [0.2, 0.25) is 0 Å². The van der Waals surface area contributed by atoms with E-state index in [4.69, 9.17) is 4.98 Å². The number of benzene rings is 2. The van der Waals surface area contributed by atoms with Crippen molar-refractivity contribution in [1.82, 2.24) is 29.4 Å². The smallest absolute Gasteiger partial charge is 0.182 e. The molecule has 0 atom stereocenters. The van der Waals surface area contributed by atoms with E-state index in [0.29, 0.717) is 5.82 Å². The highest BCUT2D eigenvalue weighted by atomic mass is 15.3. The summed E-state index contributed by atoms with van der Waals surface area (Å²) in [6.07, 6.45) is 3.49. The minimum absolute atomic E-state index is 0.679. The van der Waals surface area contributed by atoms with E-state index in [1.807, 2.05) is 53.2 Å². The van der Waals surface area contributed by atoms with Crippen LogP contribution in [0.25, 0.3) is 33.8 Å².